The van der Waals surface area contributed by atoms with Crippen molar-refractivity contribution >= 4 is 5.78 Å². The zero-order valence-electron chi connectivity index (χ0n) is 7.66. The van der Waals surface area contributed by atoms with E-state index in [1.165, 1.54) is 12.3 Å². The van der Waals surface area contributed by atoms with Crippen molar-refractivity contribution in [3.8, 4) is 0 Å². The number of rotatable bonds is 1. The van der Waals surface area contributed by atoms with Crippen LogP contribution in [0.3, 0.4) is 0 Å². The minimum absolute atomic E-state index is 0.00403. The van der Waals surface area contributed by atoms with E-state index < -0.39 is 5.95 Å². The van der Waals surface area contributed by atoms with Crippen LogP contribution in [0.2, 0.25) is 0 Å². The molecule has 2 heterocycles. The predicted octanol–water partition coefficient (Wildman–Crippen LogP) is 1.21. The molecule has 0 amide bonds. The number of carbonyl (C=O) groups excluding carboxylic acids is 1. The average molecular weight is 194 g/mol. The van der Waals surface area contributed by atoms with E-state index in [-0.39, 0.29) is 11.8 Å². The highest BCUT2D eigenvalue weighted by molar-refractivity contribution is 5.80. The maximum Gasteiger partial charge on any atom is 0.212 e. The summed E-state index contributed by atoms with van der Waals surface area (Å²) in [7, 11) is 0. The van der Waals surface area contributed by atoms with Gasteiger partial charge in [0.05, 0.1) is 0 Å². The number of ketones is 1. The fourth-order valence-corrected chi connectivity index (χ4v) is 1.62. The summed E-state index contributed by atoms with van der Waals surface area (Å²) in [6, 6.07) is 2.98. The number of piperidine rings is 1. The Morgan fingerprint density at radius 2 is 2.36 bits per heavy atom. The number of nitrogens with one attached hydrogen (secondary N) is 1. The minimum Gasteiger partial charge on any atom is -0.309 e. The van der Waals surface area contributed by atoms with Crippen molar-refractivity contribution in [2.45, 2.75) is 18.9 Å². The number of aromatic nitrogens is 1. The molecule has 0 saturated carbocycles. The lowest BCUT2D eigenvalue weighted by molar-refractivity contribution is -0.120. The summed E-state index contributed by atoms with van der Waals surface area (Å²) in [6.07, 6.45) is 2.55. The van der Waals surface area contributed by atoms with Crippen LogP contribution < -0.4 is 5.32 Å². The molecule has 0 aliphatic carbocycles. The smallest absolute Gasteiger partial charge is 0.212 e. The molecule has 3 nitrogen and oxygen atoms in total. The summed E-state index contributed by atoms with van der Waals surface area (Å²) in [5, 5.41) is 3.20. The number of pyridine rings is 1. The highest BCUT2D eigenvalue weighted by Gasteiger charge is 2.20. The summed E-state index contributed by atoms with van der Waals surface area (Å²) < 4.78 is 12.5. The van der Waals surface area contributed by atoms with Crippen LogP contribution in [0, 0.1) is 5.95 Å². The second-order valence-corrected chi connectivity index (χ2v) is 3.41. The van der Waals surface area contributed by atoms with Crippen molar-refractivity contribution in [3.63, 3.8) is 0 Å². The first-order valence-electron chi connectivity index (χ1n) is 4.62. The molecule has 1 fully saturated rings. The lowest BCUT2D eigenvalue weighted by Crippen LogP contribution is -2.31. The van der Waals surface area contributed by atoms with Gasteiger partial charge in [0.2, 0.25) is 5.95 Å². The van der Waals surface area contributed by atoms with E-state index in [4.69, 9.17) is 0 Å². The number of carbonyl (C=O) groups is 1. The highest BCUT2D eigenvalue weighted by atomic mass is 19.1. The van der Waals surface area contributed by atoms with Gasteiger partial charge >= 0.3 is 0 Å². The Hall–Kier alpha value is -1.29. The van der Waals surface area contributed by atoms with Crippen molar-refractivity contribution in [3.05, 3.63) is 29.8 Å². The van der Waals surface area contributed by atoms with E-state index >= 15 is 0 Å². The Bertz CT molecular complexity index is 336. The lowest BCUT2D eigenvalue weighted by atomic mass is 9.98. The number of Topliss-reactive ketones (excluding diaryl/α,β-unsaturated/α-hetero) is 1. The Morgan fingerprint density at radius 3 is 3.00 bits per heavy atom. The third-order valence-corrected chi connectivity index (χ3v) is 2.38. The highest BCUT2D eigenvalue weighted by Crippen LogP contribution is 2.19. The Balaban J connectivity index is 2.14. The molecule has 0 aromatic carbocycles. The number of halogens is 1. The van der Waals surface area contributed by atoms with Crippen molar-refractivity contribution in [2.24, 2.45) is 0 Å². The Kier molecular flexibility index (Phi) is 2.54. The fraction of sp³-hybridized carbons (Fsp3) is 0.400. The molecular formula is C10H11FN2O. The molecule has 2 rings (SSSR count). The van der Waals surface area contributed by atoms with Gasteiger partial charge in [0, 0.05) is 31.6 Å². The van der Waals surface area contributed by atoms with Gasteiger partial charge in [-0.3, -0.25) is 4.79 Å². The summed E-state index contributed by atoms with van der Waals surface area (Å²) in [4.78, 5) is 14.7. The molecule has 74 valence electrons. The van der Waals surface area contributed by atoms with Crippen LogP contribution in [-0.4, -0.2) is 17.3 Å². The quantitative estimate of drug-likeness (QED) is 0.683. The van der Waals surface area contributed by atoms with Crippen molar-refractivity contribution < 1.29 is 9.18 Å². The molecule has 1 N–H and O–H groups in total. The van der Waals surface area contributed by atoms with Crippen LogP contribution in [0.25, 0.3) is 0 Å². The van der Waals surface area contributed by atoms with Crippen LogP contribution in [0.15, 0.2) is 18.3 Å². The number of hydrogen-bond acceptors (Lipinski definition) is 3. The standard InChI is InChI=1S/C10H11FN2O/c11-10-2-1-7(6-13-10)9-5-8(14)3-4-12-9/h1-2,6,9,12H,3-5H2. The SMILES string of the molecule is O=C1CCNC(c2ccc(F)nc2)C1. The third-order valence-electron chi connectivity index (χ3n) is 2.38. The van der Waals surface area contributed by atoms with Crippen molar-refractivity contribution in [2.75, 3.05) is 6.54 Å². The van der Waals surface area contributed by atoms with E-state index in [1.807, 2.05) is 0 Å². The molecule has 4 heteroatoms. The van der Waals surface area contributed by atoms with E-state index in [2.05, 4.69) is 10.3 Å². The number of hydrogen-bond donors (Lipinski definition) is 1. The molecule has 1 saturated heterocycles. The third kappa shape index (κ3) is 1.96. The van der Waals surface area contributed by atoms with Crippen molar-refractivity contribution in [1.29, 1.82) is 0 Å². The van der Waals surface area contributed by atoms with Gasteiger partial charge in [-0.1, -0.05) is 6.07 Å². The first kappa shape index (κ1) is 9.27. The Morgan fingerprint density at radius 1 is 1.50 bits per heavy atom. The zero-order chi connectivity index (χ0) is 9.97. The molecule has 1 aromatic rings. The minimum atomic E-state index is -0.490. The maximum absolute atomic E-state index is 12.5. The molecule has 0 spiro atoms. The summed E-state index contributed by atoms with van der Waals surface area (Å²) in [5.74, 6) is -0.242. The fourth-order valence-electron chi connectivity index (χ4n) is 1.62. The van der Waals surface area contributed by atoms with E-state index in [0.29, 0.717) is 19.4 Å². The molecule has 0 radical (unpaired) electrons. The van der Waals surface area contributed by atoms with Gasteiger partial charge in [0.1, 0.15) is 5.78 Å². The summed E-state index contributed by atoms with van der Waals surface area (Å²) >= 11 is 0. The average Bonchev–Trinajstić information content (AvgIpc) is 2.19. The zero-order valence-corrected chi connectivity index (χ0v) is 7.66. The summed E-state index contributed by atoms with van der Waals surface area (Å²) in [5.41, 5.74) is 0.874. The van der Waals surface area contributed by atoms with Gasteiger partial charge in [0.15, 0.2) is 0 Å². The molecule has 1 aromatic heterocycles. The van der Waals surface area contributed by atoms with E-state index in [0.717, 1.165) is 5.56 Å². The first-order chi connectivity index (χ1) is 6.75. The van der Waals surface area contributed by atoms with Gasteiger partial charge in [0.25, 0.3) is 0 Å². The second kappa shape index (κ2) is 3.84. The summed E-state index contributed by atoms with van der Waals surface area (Å²) in [6.45, 7) is 0.695. The lowest BCUT2D eigenvalue weighted by Gasteiger charge is -2.22. The molecule has 1 atom stereocenters. The van der Waals surface area contributed by atoms with Crippen LogP contribution >= 0.6 is 0 Å². The number of nitrogens with zero attached hydrogens (tertiary/aromatic N) is 1. The van der Waals surface area contributed by atoms with Crippen molar-refractivity contribution in [1.82, 2.24) is 10.3 Å². The molecule has 0 bridgehead atoms. The normalized spacial score (nSPS) is 22.4. The van der Waals surface area contributed by atoms with Crippen LogP contribution in [0.5, 0.6) is 0 Å². The van der Waals surface area contributed by atoms with Gasteiger partial charge in [-0.2, -0.15) is 4.39 Å². The molecule has 1 aliphatic rings. The Labute approximate surface area is 81.3 Å². The molecular weight excluding hydrogens is 183 g/mol. The van der Waals surface area contributed by atoms with Gasteiger partial charge in [-0.05, 0) is 11.6 Å². The topological polar surface area (TPSA) is 42.0 Å². The molecule has 1 aliphatic heterocycles. The van der Waals surface area contributed by atoms with Gasteiger partial charge in [-0.25, -0.2) is 4.98 Å². The van der Waals surface area contributed by atoms with E-state index in [1.54, 1.807) is 6.07 Å². The van der Waals surface area contributed by atoms with Crippen LogP contribution in [-0.2, 0) is 4.79 Å². The van der Waals surface area contributed by atoms with Gasteiger partial charge < -0.3 is 5.32 Å². The van der Waals surface area contributed by atoms with E-state index in [9.17, 15) is 9.18 Å². The molecule has 14 heavy (non-hydrogen) atoms. The van der Waals surface area contributed by atoms with Crippen LogP contribution in [0.4, 0.5) is 4.39 Å². The predicted molar refractivity (Wildman–Crippen MR) is 49.2 cm³/mol. The first-order valence-corrected chi connectivity index (χ1v) is 4.62. The largest absolute Gasteiger partial charge is 0.309 e. The maximum atomic E-state index is 12.5. The molecule has 1 unspecified atom stereocenters. The van der Waals surface area contributed by atoms with Gasteiger partial charge in [-0.15, -0.1) is 0 Å². The van der Waals surface area contributed by atoms with Crippen LogP contribution in [0.1, 0.15) is 24.4 Å². The monoisotopic (exact) mass is 194 g/mol. The second-order valence-electron chi connectivity index (χ2n) is 3.41.